The molecule has 2 rings (SSSR count). The maximum absolute atomic E-state index is 12.6. The van der Waals surface area contributed by atoms with Crippen molar-refractivity contribution in [1.29, 1.82) is 5.26 Å². The van der Waals surface area contributed by atoms with E-state index in [2.05, 4.69) is 5.32 Å². The summed E-state index contributed by atoms with van der Waals surface area (Å²) in [6.07, 6.45) is 0.195. The van der Waals surface area contributed by atoms with Gasteiger partial charge in [0.2, 0.25) is 0 Å². The second kappa shape index (κ2) is 9.42. The summed E-state index contributed by atoms with van der Waals surface area (Å²) in [6.45, 7) is 5.18. The van der Waals surface area contributed by atoms with Gasteiger partial charge in [0, 0.05) is 11.3 Å². The van der Waals surface area contributed by atoms with Gasteiger partial charge >= 0.3 is 5.97 Å². The average molecular weight is 394 g/mol. The molecule has 1 atom stereocenters. The zero-order valence-electron chi connectivity index (χ0n) is 16.6. The van der Waals surface area contributed by atoms with Crippen LogP contribution in [0.1, 0.15) is 23.6 Å². The van der Waals surface area contributed by atoms with Crippen LogP contribution in [0.15, 0.2) is 42.0 Å². The van der Waals surface area contributed by atoms with Crippen molar-refractivity contribution in [2.45, 2.75) is 26.9 Å². The van der Waals surface area contributed by atoms with Gasteiger partial charge in [0.25, 0.3) is 5.91 Å². The number of ether oxygens (including phenoxy) is 2. The molecule has 0 saturated carbocycles. The number of anilines is 1. The van der Waals surface area contributed by atoms with Crippen LogP contribution in [0, 0.1) is 25.2 Å². The number of carboxylic acids is 1. The molecule has 0 aliphatic rings. The zero-order chi connectivity index (χ0) is 21.6. The van der Waals surface area contributed by atoms with E-state index in [4.69, 9.17) is 14.6 Å². The van der Waals surface area contributed by atoms with Crippen molar-refractivity contribution >= 4 is 23.6 Å². The molecule has 1 amide bonds. The summed E-state index contributed by atoms with van der Waals surface area (Å²) in [5, 5.41) is 21.4. The molecule has 7 nitrogen and oxygen atoms in total. The molecule has 7 heteroatoms. The quantitative estimate of drug-likeness (QED) is 0.547. The zero-order valence-corrected chi connectivity index (χ0v) is 16.6. The molecule has 0 saturated heterocycles. The van der Waals surface area contributed by atoms with Crippen molar-refractivity contribution < 1.29 is 24.2 Å². The lowest BCUT2D eigenvalue weighted by Gasteiger charge is -2.16. The third kappa shape index (κ3) is 5.14. The summed E-state index contributed by atoms with van der Waals surface area (Å²) in [6, 6.07) is 12.2. The number of nitriles is 1. The Morgan fingerprint density at radius 3 is 2.52 bits per heavy atom. The van der Waals surface area contributed by atoms with E-state index >= 15 is 0 Å². The number of carbonyl (C=O) groups is 2. The van der Waals surface area contributed by atoms with E-state index in [1.165, 1.54) is 20.1 Å². The molecule has 0 heterocycles. The third-order valence-electron chi connectivity index (χ3n) is 4.39. The minimum atomic E-state index is -1.15. The first-order valence-electron chi connectivity index (χ1n) is 8.84. The lowest BCUT2D eigenvalue weighted by Crippen LogP contribution is -2.23. The maximum Gasteiger partial charge on any atom is 0.344 e. The second-order valence-corrected chi connectivity index (χ2v) is 6.35. The van der Waals surface area contributed by atoms with Crippen molar-refractivity contribution in [2.75, 3.05) is 12.4 Å². The molecule has 150 valence electrons. The molecule has 0 aliphatic heterocycles. The molecular formula is C22H22N2O5. The lowest BCUT2D eigenvalue weighted by molar-refractivity contribution is -0.144. The number of aryl methyl sites for hydroxylation is 1. The summed E-state index contributed by atoms with van der Waals surface area (Å²) in [5.41, 5.74) is 2.71. The number of carboxylic acid groups (broad SMARTS) is 1. The van der Waals surface area contributed by atoms with Crippen LogP contribution in [0.4, 0.5) is 5.69 Å². The van der Waals surface area contributed by atoms with Crippen LogP contribution in [-0.4, -0.2) is 30.2 Å². The Balaban J connectivity index is 2.42. The number of rotatable bonds is 7. The topological polar surface area (TPSA) is 109 Å². The first kappa shape index (κ1) is 21.5. The van der Waals surface area contributed by atoms with E-state index in [1.54, 1.807) is 24.3 Å². The third-order valence-corrected chi connectivity index (χ3v) is 4.39. The fourth-order valence-corrected chi connectivity index (χ4v) is 2.54. The largest absolute Gasteiger partial charge is 0.493 e. The molecule has 0 unspecified atom stereocenters. The van der Waals surface area contributed by atoms with Gasteiger partial charge < -0.3 is 19.9 Å². The Labute approximate surface area is 169 Å². The Morgan fingerprint density at radius 2 is 1.90 bits per heavy atom. The van der Waals surface area contributed by atoms with Gasteiger partial charge in [-0.2, -0.15) is 5.26 Å². The van der Waals surface area contributed by atoms with E-state index in [-0.39, 0.29) is 11.3 Å². The first-order valence-corrected chi connectivity index (χ1v) is 8.84. The summed E-state index contributed by atoms with van der Waals surface area (Å²) >= 11 is 0. The number of amides is 1. The number of nitrogens with one attached hydrogen (secondary N) is 1. The van der Waals surface area contributed by atoms with Crippen LogP contribution >= 0.6 is 0 Å². The van der Waals surface area contributed by atoms with E-state index in [9.17, 15) is 14.9 Å². The predicted molar refractivity (Wildman–Crippen MR) is 109 cm³/mol. The van der Waals surface area contributed by atoms with Crippen LogP contribution in [-0.2, 0) is 9.59 Å². The second-order valence-electron chi connectivity index (χ2n) is 6.35. The molecule has 0 spiro atoms. The average Bonchev–Trinajstić information content (AvgIpc) is 2.70. The van der Waals surface area contributed by atoms with Gasteiger partial charge in [0.15, 0.2) is 17.6 Å². The number of methoxy groups -OCH3 is 1. The summed E-state index contributed by atoms with van der Waals surface area (Å²) in [5.74, 6) is -1.31. The van der Waals surface area contributed by atoms with Gasteiger partial charge in [-0.3, -0.25) is 4.79 Å². The van der Waals surface area contributed by atoms with Gasteiger partial charge in [0.05, 0.1) is 7.11 Å². The van der Waals surface area contributed by atoms with Gasteiger partial charge in [0.1, 0.15) is 11.6 Å². The van der Waals surface area contributed by atoms with E-state index in [1.807, 2.05) is 32.0 Å². The number of para-hydroxylation sites is 1. The van der Waals surface area contributed by atoms with Gasteiger partial charge in [-0.1, -0.05) is 24.3 Å². The number of benzene rings is 2. The SMILES string of the molecule is COc1cccc(/C=C(/C#N)C(=O)Nc2cccc(C)c2C)c1O[C@@H](C)C(=O)O. The number of hydrogen-bond donors (Lipinski definition) is 2. The summed E-state index contributed by atoms with van der Waals surface area (Å²) < 4.78 is 10.7. The highest BCUT2D eigenvalue weighted by atomic mass is 16.5. The van der Waals surface area contributed by atoms with Crippen LogP contribution in [0.25, 0.3) is 6.08 Å². The van der Waals surface area contributed by atoms with Crippen LogP contribution in [0.2, 0.25) is 0 Å². The van der Waals surface area contributed by atoms with Gasteiger partial charge in [-0.05, 0) is 50.1 Å². The van der Waals surface area contributed by atoms with Crippen LogP contribution in [0.3, 0.4) is 0 Å². The first-order chi connectivity index (χ1) is 13.8. The van der Waals surface area contributed by atoms with E-state index < -0.39 is 18.0 Å². The smallest absolute Gasteiger partial charge is 0.344 e. The maximum atomic E-state index is 12.6. The Kier molecular flexibility index (Phi) is 6.99. The molecule has 0 aliphatic carbocycles. The number of carbonyl (C=O) groups excluding carboxylic acids is 1. The molecular weight excluding hydrogens is 372 g/mol. The monoisotopic (exact) mass is 394 g/mol. The number of aliphatic carboxylic acids is 1. The molecule has 0 aromatic heterocycles. The highest BCUT2D eigenvalue weighted by Crippen LogP contribution is 2.33. The Bertz CT molecular complexity index is 1000. The van der Waals surface area contributed by atoms with Gasteiger partial charge in [-0.25, -0.2) is 4.79 Å². The van der Waals surface area contributed by atoms with Crippen LogP contribution in [0.5, 0.6) is 11.5 Å². The molecule has 2 aromatic rings. The standard InChI is InChI=1S/C22H22N2O5/c1-13-7-5-9-18(14(13)2)24-21(25)17(12-23)11-16-8-6-10-19(28-4)20(16)29-15(3)22(26)27/h5-11,15H,1-4H3,(H,24,25)(H,26,27)/b17-11-/t15-/m0/s1. The summed E-state index contributed by atoms with van der Waals surface area (Å²) in [4.78, 5) is 23.8. The van der Waals surface area contributed by atoms with Crippen molar-refractivity contribution in [1.82, 2.24) is 0 Å². The predicted octanol–water partition coefficient (Wildman–Crippen LogP) is 3.71. The molecule has 2 N–H and O–H groups in total. The summed E-state index contributed by atoms with van der Waals surface area (Å²) in [7, 11) is 1.42. The lowest BCUT2D eigenvalue weighted by atomic mass is 10.1. The van der Waals surface area contributed by atoms with Crippen LogP contribution < -0.4 is 14.8 Å². The molecule has 29 heavy (non-hydrogen) atoms. The molecule has 0 radical (unpaired) electrons. The fourth-order valence-electron chi connectivity index (χ4n) is 2.54. The van der Waals surface area contributed by atoms with E-state index in [0.29, 0.717) is 17.0 Å². The highest BCUT2D eigenvalue weighted by Gasteiger charge is 2.19. The van der Waals surface area contributed by atoms with E-state index in [0.717, 1.165) is 11.1 Å². The number of hydrogen-bond acceptors (Lipinski definition) is 5. The Hall–Kier alpha value is -3.79. The highest BCUT2D eigenvalue weighted by molar-refractivity contribution is 6.10. The normalized spacial score (nSPS) is 11.9. The molecule has 0 fully saturated rings. The Morgan fingerprint density at radius 1 is 1.21 bits per heavy atom. The number of nitrogens with zero attached hydrogens (tertiary/aromatic N) is 1. The van der Waals surface area contributed by atoms with Gasteiger partial charge in [-0.15, -0.1) is 0 Å². The molecule has 2 aromatic carbocycles. The minimum absolute atomic E-state index is 0.136. The van der Waals surface area contributed by atoms with Crippen molar-refractivity contribution in [3.8, 4) is 17.6 Å². The fraction of sp³-hybridized carbons (Fsp3) is 0.227. The van der Waals surface area contributed by atoms with Crippen molar-refractivity contribution in [3.05, 3.63) is 58.7 Å². The minimum Gasteiger partial charge on any atom is -0.493 e. The molecule has 0 bridgehead atoms. The van der Waals surface area contributed by atoms with Crippen molar-refractivity contribution in [2.24, 2.45) is 0 Å². The van der Waals surface area contributed by atoms with Crippen molar-refractivity contribution in [3.63, 3.8) is 0 Å².